The van der Waals surface area contributed by atoms with Gasteiger partial charge in [0.1, 0.15) is 18.1 Å². The SMILES string of the molecule is Cc1cccc(OCCN(C(=O)C2=C(c3ccc(CCOc4cc(C)cc(C)c4C)cc3)C[C@@H]3CN(C(=O)CCCC(=O)O)C[C@H]2N3)C2CC2)c1. The molecule has 2 fully saturated rings. The Morgan fingerprint density at radius 2 is 1.69 bits per heavy atom. The highest BCUT2D eigenvalue weighted by molar-refractivity contribution is 6.03. The summed E-state index contributed by atoms with van der Waals surface area (Å²) in [6.07, 6.45) is 3.76. The average molecular weight is 694 g/mol. The second-order valence-corrected chi connectivity index (χ2v) is 14.5. The molecule has 51 heavy (non-hydrogen) atoms. The molecule has 9 heteroatoms. The number of nitrogens with one attached hydrogen (secondary N) is 1. The summed E-state index contributed by atoms with van der Waals surface area (Å²) < 4.78 is 12.3. The number of aliphatic carboxylic acids is 1. The molecule has 2 amide bonds. The van der Waals surface area contributed by atoms with Gasteiger partial charge in [0.15, 0.2) is 0 Å². The third kappa shape index (κ3) is 9.19. The van der Waals surface area contributed by atoms with Crippen molar-refractivity contribution in [1.29, 1.82) is 0 Å². The number of carbonyl (C=O) groups is 3. The normalized spacial score (nSPS) is 18.4. The Balaban J connectivity index is 1.22. The Kier molecular flexibility index (Phi) is 11.5. The molecule has 1 saturated carbocycles. The highest BCUT2D eigenvalue weighted by atomic mass is 16.5. The zero-order chi connectivity index (χ0) is 36.1. The minimum Gasteiger partial charge on any atom is -0.493 e. The first-order valence-electron chi connectivity index (χ1n) is 18.3. The van der Waals surface area contributed by atoms with E-state index < -0.39 is 5.97 Å². The van der Waals surface area contributed by atoms with E-state index >= 15 is 0 Å². The number of nitrogens with zero attached hydrogens (tertiary/aromatic N) is 2. The summed E-state index contributed by atoms with van der Waals surface area (Å²) in [5.41, 5.74) is 8.64. The molecule has 2 N–H and O–H groups in total. The minimum absolute atomic E-state index is 0.00207. The molecular formula is C42H51N3O6. The molecule has 3 aromatic rings. The van der Waals surface area contributed by atoms with Gasteiger partial charge in [0.2, 0.25) is 5.91 Å². The fourth-order valence-electron chi connectivity index (χ4n) is 7.38. The molecule has 2 bridgehead atoms. The van der Waals surface area contributed by atoms with E-state index in [0.717, 1.165) is 58.6 Å². The van der Waals surface area contributed by atoms with Gasteiger partial charge in [0, 0.05) is 50.0 Å². The van der Waals surface area contributed by atoms with E-state index in [0.29, 0.717) is 45.7 Å². The molecule has 1 saturated heterocycles. The maximum absolute atomic E-state index is 14.7. The summed E-state index contributed by atoms with van der Waals surface area (Å²) in [7, 11) is 0. The molecule has 270 valence electrons. The topological polar surface area (TPSA) is 108 Å². The van der Waals surface area contributed by atoms with E-state index in [1.807, 2.05) is 41.0 Å². The van der Waals surface area contributed by atoms with Crippen molar-refractivity contribution < 1.29 is 29.0 Å². The molecule has 2 heterocycles. The Labute approximate surface area is 301 Å². The lowest BCUT2D eigenvalue weighted by atomic mass is 9.82. The van der Waals surface area contributed by atoms with Crippen molar-refractivity contribution >= 4 is 23.4 Å². The Morgan fingerprint density at radius 1 is 0.902 bits per heavy atom. The number of ether oxygens (including phenoxy) is 2. The lowest BCUT2D eigenvalue weighted by Crippen LogP contribution is -2.62. The number of carboxylic acids is 1. The van der Waals surface area contributed by atoms with Gasteiger partial charge in [-0.1, -0.05) is 42.5 Å². The van der Waals surface area contributed by atoms with Crippen molar-refractivity contribution in [3.63, 3.8) is 0 Å². The van der Waals surface area contributed by atoms with Crippen LogP contribution in [0.2, 0.25) is 0 Å². The highest BCUT2D eigenvalue weighted by Gasteiger charge is 2.43. The fourth-order valence-corrected chi connectivity index (χ4v) is 7.38. The monoisotopic (exact) mass is 693 g/mol. The molecule has 2 atom stereocenters. The van der Waals surface area contributed by atoms with Crippen LogP contribution in [0.1, 0.15) is 71.9 Å². The number of amides is 2. The van der Waals surface area contributed by atoms with Crippen LogP contribution in [-0.2, 0) is 20.8 Å². The number of benzene rings is 3. The lowest BCUT2D eigenvalue weighted by molar-refractivity contribution is -0.138. The van der Waals surface area contributed by atoms with Crippen molar-refractivity contribution in [3.05, 3.63) is 99.6 Å². The fraction of sp³-hybridized carbons (Fsp3) is 0.452. The molecule has 3 aliphatic rings. The number of rotatable bonds is 15. The second kappa shape index (κ2) is 16.1. The van der Waals surface area contributed by atoms with Gasteiger partial charge in [-0.15, -0.1) is 0 Å². The zero-order valence-corrected chi connectivity index (χ0v) is 30.4. The molecule has 6 rings (SSSR count). The molecule has 3 aromatic carbocycles. The van der Waals surface area contributed by atoms with Gasteiger partial charge in [-0.05, 0) is 111 Å². The van der Waals surface area contributed by atoms with Crippen LogP contribution in [0.15, 0.2) is 66.2 Å². The van der Waals surface area contributed by atoms with E-state index in [1.54, 1.807) is 0 Å². The number of fused-ring (bicyclic) bond motifs is 2. The van der Waals surface area contributed by atoms with Crippen LogP contribution in [-0.4, -0.2) is 83.7 Å². The third-order valence-electron chi connectivity index (χ3n) is 10.3. The average Bonchev–Trinajstić information content (AvgIpc) is 3.94. The molecule has 0 spiro atoms. The van der Waals surface area contributed by atoms with Gasteiger partial charge >= 0.3 is 5.97 Å². The van der Waals surface area contributed by atoms with Gasteiger partial charge in [0.05, 0.1) is 19.2 Å². The maximum Gasteiger partial charge on any atom is 0.303 e. The predicted octanol–water partition coefficient (Wildman–Crippen LogP) is 6.19. The van der Waals surface area contributed by atoms with Gasteiger partial charge in [-0.25, -0.2) is 0 Å². The van der Waals surface area contributed by atoms with E-state index in [9.17, 15) is 14.4 Å². The first-order chi connectivity index (χ1) is 24.5. The standard InChI is InChI=1S/C42H51N3O6/c1-27-7-5-8-35(22-27)50-20-18-45(34-15-16-34)42(49)41-36(24-33-25-44(26-37(41)43-33)39(46)9-6-10-40(47)48)32-13-11-31(12-14-32)17-19-51-38-23-28(2)21-29(3)30(38)4/h5,7-8,11-14,21-23,33-34,37,43H,6,9-10,15-20,24-26H2,1-4H3,(H,47,48)/t33-,37-/m1/s1. The summed E-state index contributed by atoms with van der Waals surface area (Å²) in [6.45, 7) is 10.6. The van der Waals surface area contributed by atoms with Crippen molar-refractivity contribution in [2.45, 2.75) is 90.8 Å². The molecule has 1 aliphatic carbocycles. The third-order valence-corrected chi connectivity index (χ3v) is 10.3. The zero-order valence-electron chi connectivity index (χ0n) is 30.4. The van der Waals surface area contributed by atoms with Crippen molar-refractivity contribution in [1.82, 2.24) is 15.1 Å². The highest BCUT2D eigenvalue weighted by Crippen LogP contribution is 2.37. The Morgan fingerprint density at radius 3 is 2.41 bits per heavy atom. The van der Waals surface area contributed by atoms with E-state index in [1.165, 1.54) is 16.7 Å². The first kappa shape index (κ1) is 36.2. The smallest absolute Gasteiger partial charge is 0.303 e. The predicted molar refractivity (Wildman–Crippen MR) is 198 cm³/mol. The van der Waals surface area contributed by atoms with Crippen LogP contribution in [0.5, 0.6) is 11.5 Å². The van der Waals surface area contributed by atoms with E-state index in [4.69, 9.17) is 14.6 Å². The number of hydrogen-bond donors (Lipinski definition) is 2. The number of aryl methyl sites for hydroxylation is 3. The van der Waals surface area contributed by atoms with E-state index in [2.05, 4.69) is 62.5 Å². The maximum atomic E-state index is 14.7. The summed E-state index contributed by atoms with van der Waals surface area (Å²) in [4.78, 5) is 42.8. The number of carboxylic acid groups (broad SMARTS) is 1. The van der Waals surface area contributed by atoms with Crippen LogP contribution < -0.4 is 14.8 Å². The Bertz CT molecular complexity index is 1780. The lowest BCUT2D eigenvalue weighted by Gasteiger charge is -2.45. The summed E-state index contributed by atoms with van der Waals surface area (Å²) >= 11 is 0. The van der Waals surface area contributed by atoms with Crippen molar-refractivity contribution in [3.8, 4) is 11.5 Å². The van der Waals surface area contributed by atoms with Gasteiger partial charge < -0.3 is 29.7 Å². The van der Waals surface area contributed by atoms with Gasteiger partial charge in [-0.2, -0.15) is 0 Å². The summed E-state index contributed by atoms with van der Waals surface area (Å²) in [5, 5.41) is 12.7. The van der Waals surface area contributed by atoms with Crippen LogP contribution >= 0.6 is 0 Å². The quantitative estimate of drug-likeness (QED) is 0.195. The van der Waals surface area contributed by atoms with Crippen molar-refractivity contribution in [2.75, 3.05) is 32.8 Å². The number of carbonyl (C=O) groups excluding carboxylic acids is 2. The van der Waals surface area contributed by atoms with Gasteiger partial charge in [0.25, 0.3) is 5.91 Å². The molecule has 0 unspecified atom stereocenters. The largest absolute Gasteiger partial charge is 0.493 e. The minimum atomic E-state index is -0.901. The molecule has 0 radical (unpaired) electrons. The molecular weight excluding hydrogens is 642 g/mol. The van der Waals surface area contributed by atoms with Crippen LogP contribution in [0.25, 0.3) is 5.57 Å². The number of piperazine rings is 1. The number of hydrogen-bond acceptors (Lipinski definition) is 6. The van der Waals surface area contributed by atoms with Crippen LogP contribution in [0.4, 0.5) is 0 Å². The molecule has 2 aliphatic heterocycles. The van der Waals surface area contributed by atoms with Crippen LogP contribution in [0, 0.1) is 27.7 Å². The Hall–Kier alpha value is -4.63. The summed E-state index contributed by atoms with van der Waals surface area (Å²) in [5.74, 6) is 0.757. The molecule has 0 aromatic heterocycles. The van der Waals surface area contributed by atoms with Crippen LogP contribution in [0.3, 0.4) is 0 Å². The van der Waals surface area contributed by atoms with Crippen molar-refractivity contribution in [2.24, 2.45) is 0 Å². The van der Waals surface area contributed by atoms with E-state index in [-0.39, 0.29) is 42.8 Å². The van der Waals surface area contributed by atoms with Gasteiger partial charge in [-0.3, -0.25) is 14.4 Å². The summed E-state index contributed by atoms with van der Waals surface area (Å²) in [6, 6.07) is 20.6. The second-order valence-electron chi connectivity index (χ2n) is 14.5. The first-order valence-corrected chi connectivity index (χ1v) is 18.3. The molecule has 9 nitrogen and oxygen atoms in total.